The van der Waals surface area contributed by atoms with Gasteiger partial charge in [0, 0.05) is 18.4 Å². The molecule has 0 fully saturated rings. The van der Waals surface area contributed by atoms with Crippen LogP contribution in [0.5, 0.6) is 5.75 Å². The fourth-order valence-corrected chi connectivity index (χ4v) is 2.01. The second-order valence-electron chi connectivity index (χ2n) is 4.67. The zero-order valence-electron chi connectivity index (χ0n) is 11.0. The van der Waals surface area contributed by atoms with Crippen LogP contribution in [-0.4, -0.2) is 22.0 Å². The maximum Gasteiger partial charge on any atom is 0.335 e. The number of hydrogen-bond acceptors (Lipinski definition) is 3. The van der Waals surface area contributed by atoms with E-state index in [1.54, 1.807) is 12.1 Å². The van der Waals surface area contributed by atoms with E-state index >= 15 is 0 Å². The van der Waals surface area contributed by atoms with Crippen LogP contribution < -0.4 is 0 Å². The number of carbonyl (C=O) groups is 2. The number of aromatic carboxylic acids is 1. The maximum absolute atomic E-state index is 13.1. The second-order valence-corrected chi connectivity index (χ2v) is 4.67. The molecule has 0 atom stereocenters. The highest BCUT2D eigenvalue weighted by atomic mass is 19.1. The molecule has 0 aliphatic heterocycles. The Morgan fingerprint density at radius 3 is 2.52 bits per heavy atom. The molecule has 0 aromatic heterocycles. The summed E-state index contributed by atoms with van der Waals surface area (Å²) in [5.41, 5.74) is 0.888. The van der Waals surface area contributed by atoms with Gasteiger partial charge >= 0.3 is 5.97 Å². The Morgan fingerprint density at radius 1 is 1.05 bits per heavy atom. The summed E-state index contributed by atoms with van der Waals surface area (Å²) in [5, 5.41) is 18.5. The van der Waals surface area contributed by atoms with Crippen molar-refractivity contribution in [2.45, 2.75) is 12.8 Å². The number of Topliss-reactive ketones (excluding diaryl/α,β-unsaturated/α-hetero) is 1. The molecule has 2 rings (SSSR count). The smallest absolute Gasteiger partial charge is 0.335 e. The Morgan fingerprint density at radius 2 is 1.81 bits per heavy atom. The highest BCUT2D eigenvalue weighted by Crippen LogP contribution is 2.19. The predicted octanol–water partition coefficient (Wildman–Crippen LogP) is 2.58. The van der Waals surface area contributed by atoms with Crippen LogP contribution in [0.2, 0.25) is 0 Å². The van der Waals surface area contributed by atoms with Crippen molar-refractivity contribution in [1.29, 1.82) is 0 Å². The van der Waals surface area contributed by atoms with E-state index in [9.17, 15) is 19.1 Å². The Balaban J connectivity index is 2.10. The zero-order valence-corrected chi connectivity index (χ0v) is 11.0. The molecule has 0 heterocycles. The van der Waals surface area contributed by atoms with Gasteiger partial charge in [-0.05, 0) is 35.9 Å². The fourth-order valence-electron chi connectivity index (χ4n) is 2.01. The number of aromatic hydroxyl groups is 1. The third-order valence-electron chi connectivity index (χ3n) is 3.00. The van der Waals surface area contributed by atoms with Crippen LogP contribution in [0.15, 0.2) is 42.5 Å². The van der Waals surface area contributed by atoms with E-state index < -0.39 is 11.8 Å². The molecule has 2 aromatic rings. The first kappa shape index (κ1) is 14.7. The van der Waals surface area contributed by atoms with Gasteiger partial charge in [0.25, 0.3) is 0 Å². The van der Waals surface area contributed by atoms with Gasteiger partial charge in [-0.2, -0.15) is 0 Å². The molecule has 0 bridgehead atoms. The lowest BCUT2D eigenvalue weighted by atomic mass is 10.0. The monoisotopic (exact) mass is 288 g/mol. The number of benzene rings is 2. The van der Waals surface area contributed by atoms with E-state index in [1.165, 1.54) is 18.2 Å². The first-order valence-corrected chi connectivity index (χ1v) is 6.27. The van der Waals surface area contributed by atoms with Crippen molar-refractivity contribution in [2.75, 3.05) is 0 Å². The van der Waals surface area contributed by atoms with E-state index in [0.717, 1.165) is 12.1 Å². The molecule has 0 spiro atoms. The summed E-state index contributed by atoms with van der Waals surface area (Å²) in [6, 6.07) is 9.49. The van der Waals surface area contributed by atoms with E-state index in [1.807, 2.05) is 0 Å². The van der Waals surface area contributed by atoms with Gasteiger partial charge in [0.1, 0.15) is 17.3 Å². The predicted molar refractivity (Wildman–Crippen MR) is 73.9 cm³/mol. The van der Waals surface area contributed by atoms with Gasteiger partial charge in [0.05, 0.1) is 5.56 Å². The Hall–Kier alpha value is -2.69. The molecule has 0 saturated heterocycles. The Bertz CT molecular complexity index is 694. The summed E-state index contributed by atoms with van der Waals surface area (Å²) >= 11 is 0. The van der Waals surface area contributed by atoms with Crippen molar-refractivity contribution in [3.05, 3.63) is 65.0 Å². The number of halogens is 1. The number of ketones is 1. The largest absolute Gasteiger partial charge is 0.508 e. The average Bonchev–Trinajstić information content (AvgIpc) is 2.43. The molecule has 0 radical (unpaired) electrons. The number of rotatable bonds is 5. The topological polar surface area (TPSA) is 74.6 Å². The number of carboxylic acids is 1. The maximum atomic E-state index is 13.1. The van der Waals surface area contributed by atoms with Crippen molar-refractivity contribution in [1.82, 2.24) is 0 Å². The zero-order chi connectivity index (χ0) is 15.4. The van der Waals surface area contributed by atoms with Crippen molar-refractivity contribution in [3.8, 4) is 5.75 Å². The van der Waals surface area contributed by atoms with Crippen LogP contribution in [-0.2, 0) is 17.6 Å². The highest BCUT2D eigenvalue weighted by molar-refractivity contribution is 5.89. The van der Waals surface area contributed by atoms with Gasteiger partial charge in [-0.15, -0.1) is 0 Å². The first-order chi connectivity index (χ1) is 9.95. The SMILES string of the molecule is O=C(Cc1cccc(C(=O)O)c1)Cc1cc(F)ccc1O. The van der Waals surface area contributed by atoms with Crippen molar-refractivity contribution < 1.29 is 24.2 Å². The van der Waals surface area contributed by atoms with Crippen LogP contribution in [0.3, 0.4) is 0 Å². The second kappa shape index (κ2) is 6.17. The molecule has 0 aliphatic rings. The van der Waals surface area contributed by atoms with Crippen LogP contribution in [0.4, 0.5) is 4.39 Å². The lowest BCUT2D eigenvalue weighted by Gasteiger charge is -2.05. The molecule has 5 heteroatoms. The van der Waals surface area contributed by atoms with E-state index in [2.05, 4.69) is 0 Å². The number of carboxylic acid groups (broad SMARTS) is 1. The summed E-state index contributed by atoms with van der Waals surface area (Å²) in [5.74, 6) is -1.96. The van der Waals surface area contributed by atoms with Crippen LogP contribution >= 0.6 is 0 Å². The third-order valence-corrected chi connectivity index (χ3v) is 3.00. The van der Waals surface area contributed by atoms with Crippen molar-refractivity contribution in [2.24, 2.45) is 0 Å². The van der Waals surface area contributed by atoms with Gasteiger partial charge in [0.15, 0.2) is 0 Å². The van der Waals surface area contributed by atoms with Gasteiger partial charge < -0.3 is 10.2 Å². The Labute approximate surface area is 120 Å². The summed E-state index contributed by atoms with van der Waals surface area (Å²) in [4.78, 5) is 22.8. The molecule has 4 nitrogen and oxygen atoms in total. The standard InChI is InChI=1S/C16H13FO4/c17-13-4-5-15(19)12(8-13)9-14(18)7-10-2-1-3-11(6-10)16(20)21/h1-6,8,19H,7,9H2,(H,20,21). The lowest BCUT2D eigenvalue weighted by Crippen LogP contribution is -2.08. The minimum atomic E-state index is -1.06. The van der Waals surface area contributed by atoms with Crippen molar-refractivity contribution >= 4 is 11.8 Å². The molecule has 21 heavy (non-hydrogen) atoms. The summed E-state index contributed by atoms with van der Waals surface area (Å²) in [7, 11) is 0. The van der Waals surface area contributed by atoms with E-state index in [4.69, 9.17) is 5.11 Å². The van der Waals surface area contributed by atoms with Gasteiger partial charge in [-0.25, -0.2) is 9.18 Å². The molecule has 0 saturated carbocycles. The molecule has 108 valence electrons. The third kappa shape index (κ3) is 3.89. The number of phenolic OH excluding ortho intramolecular Hbond substituents is 1. The van der Waals surface area contributed by atoms with Gasteiger partial charge in [0.2, 0.25) is 0 Å². The summed E-state index contributed by atoms with van der Waals surface area (Å²) in [6.45, 7) is 0. The minimum Gasteiger partial charge on any atom is -0.508 e. The average molecular weight is 288 g/mol. The quantitative estimate of drug-likeness (QED) is 0.886. The van der Waals surface area contributed by atoms with Crippen LogP contribution in [0, 0.1) is 5.82 Å². The van der Waals surface area contributed by atoms with Crippen LogP contribution in [0.1, 0.15) is 21.5 Å². The molecule has 0 aliphatic carbocycles. The van der Waals surface area contributed by atoms with E-state index in [0.29, 0.717) is 5.56 Å². The number of phenols is 1. The molecular weight excluding hydrogens is 275 g/mol. The van der Waals surface area contributed by atoms with Gasteiger partial charge in [-0.1, -0.05) is 12.1 Å². The molecule has 0 unspecified atom stereocenters. The molecular formula is C16H13FO4. The Kier molecular flexibility index (Phi) is 4.33. The normalized spacial score (nSPS) is 10.3. The molecule has 2 N–H and O–H groups in total. The molecule has 0 amide bonds. The minimum absolute atomic E-state index is 0.0249. The number of hydrogen-bond donors (Lipinski definition) is 2. The highest BCUT2D eigenvalue weighted by Gasteiger charge is 2.11. The van der Waals surface area contributed by atoms with Crippen LogP contribution in [0.25, 0.3) is 0 Å². The summed E-state index contributed by atoms with van der Waals surface area (Å²) in [6.07, 6.45) is -0.0854. The first-order valence-electron chi connectivity index (χ1n) is 6.27. The molecule has 2 aromatic carbocycles. The fraction of sp³-hybridized carbons (Fsp3) is 0.125. The number of carbonyl (C=O) groups excluding carboxylic acids is 1. The summed E-state index contributed by atoms with van der Waals surface area (Å²) < 4.78 is 13.1. The van der Waals surface area contributed by atoms with Gasteiger partial charge in [-0.3, -0.25) is 4.79 Å². The lowest BCUT2D eigenvalue weighted by molar-refractivity contribution is -0.117. The van der Waals surface area contributed by atoms with Crippen molar-refractivity contribution in [3.63, 3.8) is 0 Å². The van der Waals surface area contributed by atoms with E-state index in [-0.39, 0.29) is 35.5 Å².